The van der Waals surface area contributed by atoms with E-state index in [1.54, 1.807) is 0 Å². The molecule has 15 N–H and O–H groups in total. The summed E-state index contributed by atoms with van der Waals surface area (Å²) in [5.74, 6) is -0.857. The first-order valence-corrected chi connectivity index (χ1v) is 14.8. The highest BCUT2D eigenvalue weighted by atomic mass is 32.3. The number of ether oxygens (including phenoxy) is 4. The van der Waals surface area contributed by atoms with Crippen LogP contribution in [0.5, 0.6) is 0 Å². The summed E-state index contributed by atoms with van der Waals surface area (Å²) in [6.45, 7) is 0.634. The Morgan fingerprint density at radius 2 is 1.59 bits per heavy atom. The van der Waals surface area contributed by atoms with Crippen LogP contribution < -0.4 is 27.8 Å². The first-order valence-electron chi connectivity index (χ1n) is 13.5. The highest BCUT2D eigenvalue weighted by Gasteiger charge is 2.53. The van der Waals surface area contributed by atoms with E-state index in [9.17, 15) is 40.5 Å². The van der Waals surface area contributed by atoms with Crippen molar-refractivity contribution in [2.75, 3.05) is 26.7 Å². The van der Waals surface area contributed by atoms with E-state index in [0.29, 0.717) is 0 Å². The van der Waals surface area contributed by atoms with Gasteiger partial charge in [-0.2, -0.15) is 0 Å². The lowest BCUT2D eigenvalue weighted by Crippen LogP contribution is -2.70. The van der Waals surface area contributed by atoms with Crippen LogP contribution >= 0.6 is 0 Å². The second-order valence-electron chi connectivity index (χ2n) is 10.9. The maximum atomic E-state index is 12.4. The monoisotopic (exact) mass is 665 g/mol. The number of aliphatic hydroxyl groups is 7. The van der Waals surface area contributed by atoms with Crippen LogP contribution in [0.4, 0.5) is 0 Å². The summed E-state index contributed by atoms with van der Waals surface area (Å²) in [5.41, 5.74) is 15.8. The third kappa shape index (κ3) is 9.87. The first kappa shape index (κ1) is 38.9. The lowest BCUT2D eigenvalue weighted by molar-refractivity contribution is -0.330. The Hall–Kier alpha value is -1.26. The van der Waals surface area contributed by atoms with E-state index in [0.717, 1.165) is 0 Å². The zero-order valence-electron chi connectivity index (χ0n) is 23.9. The summed E-state index contributed by atoms with van der Waals surface area (Å²) in [5, 5.41) is 78.5. The number of rotatable bonds is 9. The van der Waals surface area contributed by atoms with Crippen LogP contribution in [0.2, 0.25) is 0 Å². The molecule has 0 aromatic rings. The van der Waals surface area contributed by atoms with Crippen molar-refractivity contribution < 1.29 is 77.0 Å². The van der Waals surface area contributed by atoms with E-state index < -0.39 is 108 Å². The Labute approximate surface area is 252 Å². The molecule has 22 heteroatoms. The Bertz CT molecular complexity index is 1020. The number of amides is 1. The minimum atomic E-state index is -5.17. The van der Waals surface area contributed by atoms with Gasteiger partial charge in [0.25, 0.3) is 0 Å². The lowest BCUT2D eigenvalue weighted by atomic mass is 9.83. The van der Waals surface area contributed by atoms with Gasteiger partial charge in [-0.25, -0.2) is 0 Å². The minimum absolute atomic E-state index is 0.0836. The lowest BCUT2D eigenvalue weighted by Gasteiger charge is -2.49. The first-order chi connectivity index (χ1) is 20.3. The molecule has 260 valence electrons. The molecule has 3 rings (SSSR count). The van der Waals surface area contributed by atoms with Crippen LogP contribution in [0.15, 0.2) is 0 Å². The maximum absolute atomic E-state index is 12.4. The maximum Gasteiger partial charge on any atom is 0.250 e. The standard InChI is InChI=1S/C22H43N5O12.H2O4S/c1-22(35)6-36-20(15(33)18(22)26-2)39-17-8(27-19(34)9(28)4-23)3-7(25)16(14(17)32)38-21-13(31)12(30)11(29)10(5-24)37-21;1-5(2,3)4/h7-18,20-21,26,28-33,35H,3-6,23-25H2,1-2H3,(H,27,34);(H2,1,2,3,4)/p-2/t7-,8+,9-,10+,11+,12-,13+,14-,15+,16+,17-,18+,20+,21+,22-;/m0./s1. The zero-order chi connectivity index (χ0) is 33.7. The fraction of sp³-hybridized carbons (Fsp3) is 0.955. The molecule has 2 heterocycles. The van der Waals surface area contributed by atoms with Gasteiger partial charge in [-0.05, 0) is 20.4 Å². The van der Waals surface area contributed by atoms with Crippen LogP contribution in [0.1, 0.15) is 13.3 Å². The van der Waals surface area contributed by atoms with E-state index in [1.807, 2.05) is 0 Å². The molecule has 2 saturated heterocycles. The van der Waals surface area contributed by atoms with Crippen LogP contribution in [0.3, 0.4) is 0 Å². The number of carbonyl (C=O) groups is 1. The number of aliphatic hydroxyl groups excluding tert-OH is 6. The number of hydrogen-bond acceptors (Lipinski definition) is 20. The second-order valence-corrected chi connectivity index (χ2v) is 11.7. The van der Waals surface area contributed by atoms with Crippen molar-refractivity contribution >= 4 is 16.3 Å². The highest BCUT2D eigenvalue weighted by Crippen LogP contribution is 2.32. The Kier molecular flexibility index (Phi) is 14.2. The largest absolute Gasteiger partial charge is 0.759 e. The summed E-state index contributed by atoms with van der Waals surface area (Å²) in [6, 6.07) is -2.92. The van der Waals surface area contributed by atoms with Crippen LogP contribution in [-0.2, 0) is 34.1 Å². The molecule has 0 unspecified atom stereocenters. The molecule has 44 heavy (non-hydrogen) atoms. The number of carbonyl (C=O) groups excluding carboxylic acids is 1. The summed E-state index contributed by atoms with van der Waals surface area (Å²) < 4.78 is 56.8. The zero-order valence-corrected chi connectivity index (χ0v) is 24.7. The third-order valence-corrected chi connectivity index (χ3v) is 7.50. The summed E-state index contributed by atoms with van der Waals surface area (Å²) >= 11 is 0. The van der Waals surface area contributed by atoms with Gasteiger partial charge in [0, 0.05) is 29.5 Å². The minimum Gasteiger partial charge on any atom is -0.759 e. The van der Waals surface area contributed by atoms with E-state index in [2.05, 4.69) is 10.6 Å². The molecule has 21 nitrogen and oxygen atoms in total. The van der Waals surface area contributed by atoms with Crippen molar-refractivity contribution in [1.29, 1.82) is 0 Å². The molecule has 0 bridgehead atoms. The summed E-state index contributed by atoms with van der Waals surface area (Å²) in [6.07, 6.45) is -16.3. The molecule has 1 aliphatic carbocycles. The number of nitrogens with two attached hydrogens (primary N) is 3. The Balaban J connectivity index is 0.00000125. The molecule has 1 saturated carbocycles. The van der Waals surface area contributed by atoms with Gasteiger partial charge >= 0.3 is 0 Å². The van der Waals surface area contributed by atoms with E-state index in [-0.39, 0.29) is 26.1 Å². The van der Waals surface area contributed by atoms with Gasteiger partial charge in [0.05, 0.1) is 18.7 Å². The van der Waals surface area contributed by atoms with E-state index in [1.165, 1.54) is 14.0 Å². The molecule has 1 amide bonds. The molecular formula is C22H43N5O16S-2. The van der Waals surface area contributed by atoms with E-state index in [4.69, 9.17) is 53.7 Å². The number of nitrogens with one attached hydrogen (secondary N) is 2. The van der Waals surface area contributed by atoms with Crippen molar-refractivity contribution in [3.63, 3.8) is 0 Å². The van der Waals surface area contributed by atoms with Crippen molar-refractivity contribution in [2.24, 2.45) is 17.2 Å². The second kappa shape index (κ2) is 16.0. The van der Waals surface area contributed by atoms with Gasteiger partial charge in [0.15, 0.2) is 12.6 Å². The smallest absolute Gasteiger partial charge is 0.250 e. The SMILES string of the molecule is CN[C@@H]1[C@@H](O)[C@@H](O[C@@H]2[C@@H](O)[C@H](O[C@H]3O[C@H](CN)[C@@H](O)[C@H](O)[C@H]3O)[C@@H](N)C[C@H]2NC(=O)[C@@H](O)CN)OC[C@]1(C)O.O=S(=O)([O-])[O-]. The summed E-state index contributed by atoms with van der Waals surface area (Å²) in [7, 11) is -3.64. The average molecular weight is 666 g/mol. The molecule has 2 aliphatic heterocycles. The van der Waals surface area contributed by atoms with Crippen LogP contribution in [-0.4, -0.2) is 177 Å². The van der Waals surface area contributed by atoms with Gasteiger partial charge < -0.3 is 91.6 Å². The van der Waals surface area contributed by atoms with Crippen molar-refractivity contribution in [2.45, 2.75) is 105 Å². The molecule has 3 aliphatic rings. The fourth-order valence-electron chi connectivity index (χ4n) is 5.22. The van der Waals surface area contributed by atoms with Gasteiger partial charge in [0.1, 0.15) is 60.5 Å². The molecule has 0 aromatic heterocycles. The number of likely N-dealkylation sites (N-methyl/N-ethyl adjacent to an activating group) is 1. The fourth-order valence-corrected chi connectivity index (χ4v) is 5.22. The molecule has 3 fully saturated rings. The topological polar surface area (TPSA) is 378 Å². The van der Waals surface area contributed by atoms with Gasteiger partial charge in [0.2, 0.25) is 5.91 Å². The highest BCUT2D eigenvalue weighted by molar-refractivity contribution is 7.79. The van der Waals surface area contributed by atoms with Gasteiger partial charge in [-0.15, -0.1) is 0 Å². The third-order valence-electron chi connectivity index (χ3n) is 7.50. The molecule has 0 radical (unpaired) electrons. The normalized spacial score (nSPS) is 43.8. The predicted octanol–water partition coefficient (Wildman–Crippen LogP) is -8.86. The summed E-state index contributed by atoms with van der Waals surface area (Å²) in [4.78, 5) is 12.4. The molecule has 0 spiro atoms. The molecule has 0 aromatic carbocycles. The molecular weight excluding hydrogens is 622 g/mol. The van der Waals surface area contributed by atoms with E-state index >= 15 is 0 Å². The average Bonchev–Trinajstić information content (AvgIpc) is 2.92. The molecule has 15 atom stereocenters. The van der Waals surface area contributed by atoms with Crippen LogP contribution in [0, 0.1) is 0 Å². The van der Waals surface area contributed by atoms with Gasteiger partial charge in [-0.3, -0.25) is 13.2 Å². The van der Waals surface area contributed by atoms with Crippen molar-refractivity contribution in [3.8, 4) is 0 Å². The quantitative estimate of drug-likeness (QED) is 0.0803. The Morgan fingerprint density at radius 3 is 2.11 bits per heavy atom. The van der Waals surface area contributed by atoms with Gasteiger partial charge in [-0.1, -0.05) is 0 Å². The van der Waals surface area contributed by atoms with Crippen molar-refractivity contribution in [3.05, 3.63) is 0 Å². The van der Waals surface area contributed by atoms with Crippen LogP contribution in [0.25, 0.3) is 0 Å². The number of hydrogen-bond donors (Lipinski definition) is 12. The Morgan fingerprint density at radius 1 is 1.02 bits per heavy atom. The predicted molar refractivity (Wildman–Crippen MR) is 141 cm³/mol. The van der Waals surface area contributed by atoms with Crippen molar-refractivity contribution in [1.82, 2.24) is 10.6 Å².